The van der Waals surface area contributed by atoms with Crippen LogP contribution in [0.4, 0.5) is 8.78 Å². The van der Waals surface area contributed by atoms with Gasteiger partial charge in [0.15, 0.2) is 0 Å². The van der Waals surface area contributed by atoms with E-state index in [0.29, 0.717) is 6.42 Å². The minimum atomic E-state index is -0.602. The second-order valence-electron chi connectivity index (χ2n) is 5.62. The van der Waals surface area contributed by atoms with Crippen LogP contribution < -0.4 is 5.32 Å². The first-order chi connectivity index (χ1) is 9.38. The Bertz CT molecular complexity index is 543. The van der Waals surface area contributed by atoms with E-state index in [1.165, 1.54) is 0 Å². The molecule has 0 spiro atoms. The number of halogens is 2. The average Bonchev–Trinajstić information content (AvgIpc) is 2.35. The molecule has 1 aliphatic rings. The van der Waals surface area contributed by atoms with Gasteiger partial charge in [-0.3, -0.25) is 14.9 Å². The number of carbonyl (C=O) groups is 2. The van der Waals surface area contributed by atoms with Gasteiger partial charge in [-0.15, -0.1) is 0 Å². The van der Waals surface area contributed by atoms with Crippen molar-refractivity contribution in [1.29, 1.82) is 0 Å². The van der Waals surface area contributed by atoms with Crippen molar-refractivity contribution in [2.24, 2.45) is 11.8 Å². The molecule has 0 aromatic heterocycles. The maximum absolute atomic E-state index is 13.9. The average molecular weight is 281 g/mol. The quantitative estimate of drug-likeness (QED) is 0.866. The number of imide groups is 1. The van der Waals surface area contributed by atoms with Crippen molar-refractivity contribution in [3.63, 3.8) is 0 Å². The van der Waals surface area contributed by atoms with E-state index in [4.69, 9.17) is 0 Å². The number of nitrogens with one attached hydrogen (secondary N) is 1. The minimum Gasteiger partial charge on any atom is -0.296 e. The van der Waals surface area contributed by atoms with Gasteiger partial charge in [-0.2, -0.15) is 0 Å². The molecule has 2 rings (SSSR count). The molecule has 1 aromatic rings. The van der Waals surface area contributed by atoms with Crippen LogP contribution in [0.5, 0.6) is 0 Å². The molecule has 20 heavy (non-hydrogen) atoms. The molecule has 1 heterocycles. The lowest BCUT2D eigenvalue weighted by atomic mass is 9.76. The molecule has 1 aromatic carbocycles. The predicted molar refractivity (Wildman–Crippen MR) is 69.8 cm³/mol. The van der Waals surface area contributed by atoms with Gasteiger partial charge in [0.1, 0.15) is 11.6 Å². The van der Waals surface area contributed by atoms with Crippen molar-refractivity contribution in [3.05, 3.63) is 35.4 Å². The molecule has 2 unspecified atom stereocenters. The van der Waals surface area contributed by atoms with E-state index in [-0.39, 0.29) is 17.9 Å². The summed E-state index contributed by atoms with van der Waals surface area (Å²) in [6.45, 7) is 3.89. The molecular weight excluding hydrogens is 264 g/mol. The summed E-state index contributed by atoms with van der Waals surface area (Å²) in [6, 6.07) is 3.15. The van der Waals surface area contributed by atoms with Crippen molar-refractivity contribution in [2.75, 3.05) is 0 Å². The molecule has 0 aliphatic carbocycles. The second kappa shape index (κ2) is 5.69. The Balaban J connectivity index is 2.40. The Morgan fingerprint density at radius 2 is 2.00 bits per heavy atom. The number of hydrogen-bond donors (Lipinski definition) is 1. The van der Waals surface area contributed by atoms with E-state index < -0.39 is 35.3 Å². The Kier molecular flexibility index (Phi) is 4.16. The fourth-order valence-electron chi connectivity index (χ4n) is 2.71. The highest BCUT2D eigenvalue weighted by atomic mass is 19.1. The van der Waals surface area contributed by atoms with Gasteiger partial charge in [0.25, 0.3) is 0 Å². The van der Waals surface area contributed by atoms with Crippen LogP contribution in [0.2, 0.25) is 0 Å². The van der Waals surface area contributed by atoms with Gasteiger partial charge in [0, 0.05) is 18.3 Å². The molecule has 2 atom stereocenters. The maximum Gasteiger partial charge on any atom is 0.230 e. The molecule has 1 aliphatic heterocycles. The fourth-order valence-corrected chi connectivity index (χ4v) is 2.71. The SMILES string of the molecule is CC(C)CC1C(=O)NC(=O)CC1c1cc(F)ccc1F. The number of hydrogen-bond acceptors (Lipinski definition) is 2. The molecule has 2 amide bonds. The van der Waals surface area contributed by atoms with Gasteiger partial charge in [0.2, 0.25) is 11.8 Å². The van der Waals surface area contributed by atoms with Crippen molar-refractivity contribution in [2.45, 2.75) is 32.6 Å². The summed E-state index contributed by atoms with van der Waals surface area (Å²) in [7, 11) is 0. The third-order valence-corrected chi connectivity index (χ3v) is 3.57. The van der Waals surface area contributed by atoms with E-state index in [2.05, 4.69) is 5.32 Å². The summed E-state index contributed by atoms with van der Waals surface area (Å²) in [5.41, 5.74) is 0.110. The van der Waals surface area contributed by atoms with E-state index >= 15 is 0 Å². The first-order valence-electron chi connectivity index (χ1n) is 6.67. The lowest BCUT2D eigenvalue weighted by Gasteiger charge is -2.31. The fraction of sp³-hybridized carbons (Fsp3) is 0.467. The van der Waals surface area contributed by atoms with Crippen molar-refractivity contribution >= 4 is 11.8 Å². The normalized spacial score (nSPS) is 23.1. The van der Waals surface area contributed by atoms with Crippen molar-refractivity contribution in [1.82, 2.24) is 5.32 Å². The number of piperidine rings is 1. The summed E-state index contributed by atoms with van der Waals surface area (Å²) in [4.78, 5) is 23.5. The number of benzene rings is 1. The standard InChI is InChI=1S/C15H17F2NO2/c1-8(2)5-12-10(7-14(19)18-15(12)20)11-6-9(16)3-4-13(11)17/h3-4,6,8,10,12H,5,7H2,1-2H3,(H,18,19,20). The second-order valence-corrected chi connectivity index (χ2v) is 5.62. The van der Waals surface area contributed by atoms with Crippen LogP contribution in [-0.2, 0) is 9.59 Å². The zero-order chi connectivity index (χ0) is 14.9. The number of amides is 2. The molecule has 3 nitrogen and oxygen atoms in total. The largest absolute Gasteiger partial charge is 0.296 e. The predicted octanol–water partition coefficient (Wildman–Crippen LogP) is 2.76. The van der Waals surface area contributed by atoms with Gasteiger partial charge in [-0.25, -0.2) is 8.78 Å². The molecule has 1 saturated heterocycles. The van der Waals surface area contributed by atoms with Gasteiger partial charge in [-0.1, -0.05) is 13.8 Å². The highest BCUT2D eigenvalue weighted by molar-refractivity contribution is 5.99. The van der Waals surface area contributed by atoms with E-state index in [1.807, 2.05) is 13.8 Å². The summed E-state index contributed by atoms with van der Waals surface area (Å²) in [5, 5.41) is 2.27. The Morgan fingerprint density at radius 3 is 2.65 bits per heavy atom. The van der Waals surface area contributed by atoms with Gasteiger partial charge in [-0.05, 0) is 36.1 Å². The number of rotatable bonds is 3. The highest BCUT2D eigenvalue weighted by Crippen LogP contribution is 2.36. The minimum absolute atomic E-state index is 0.00347. The molecule has 5 heteroatoms. The topological polar surface area (TPSA) is 46.2 Å². The summed E-state index contributed by atoms with van der Waals surface area (Å²) >= 11 is 0. The van der Waals surface area contributed by atoms with E-state index in [0.717, 1.165) is 18.2 Å². The van der Waals surface area contributed by atoms with Gasteiger partial charge >= 0.3 is 0 Å². The van der Waals surface area contributed by atoms with Crippen LogP contribution in [0.1, 0.15) is 38.2 Å². The summed E-state index contributed by atoms with van der Waals surface area (Å²) in [6.07, 6.45) is 0.531. The maximum atomic E-state index is 13.9. The molecule has 1 N–H and O–H groups in total. The zero-order valence-corrected chi connectivity index (χ0v) is 11.5. The molecule has 108 valence electrons. The Morgan fingerprint density at radius 1 is 1.30 bits per heavy atom. The van der Waals surface area contributed by atoms with Crippen LogP contribution >= 0.6 is 0 Å². The van der Waals surface area contributed by atoms with E-state index in [9.17, 15) is 18.4 Å². The molecule has 0 saturated carbocycles. The lowest BCUT2D eigenvalue weighted by molar-refractivity contribution is -0.137. The third kappa shape index (κ3) is 3.03. The number of carbonyl (C=O) groups excluding carboxylic acids is 2. The molecular formula is C15H17F2NO2. The molecule has 0 radical (unpaired) electrons. The first kappa shape index (κ1) is 14.6. The summed E-state index contributed by atoms with van der Waals surface area (Å²) in [5.74, 6) is -2.88. The monoisotopic (exact) mass is 281 g/mol. The molecule has 1 fully saturated rings. The zero-order valence-electron chi connectivity index (χ0n) is 11.5. The van der Waals surface area contributed by atoms with Crippen LogP contribution in [-0.4, -0.2) is 11.8 Å². The van der Waals surface area contributed by atoms with Crippen LogP contribution in [0.25, 0.3) is 0 Å². The lowest BCUT2D eigenvalue weighted by Crippen LogP contribution is -2.45. The van der Waals surface area contributed by atoms with Gasteiger partial charge in [0.05, 0.1) is 0 Å². The Hall–Kier alpha value is -1.78. The van der Waals surface area contributed by atoms with Gasteiger partial charge < -0.3 is 0 Å². The third-order valence-electron chi connectivity index (χ3n) is 3.57. The van der Waals surface area contributed by atoms with Crippen molar-refractivity contribution in [3.8, 4) is 0 Å². The van der Waals surface area contributed by atoms with Crippen molar-refractivity contribution < 1.29 is 18.4 Å². The first-order valence-corrected chi connectivity index (χ1v) is 6.67. The van der Waals surface area contributed by atoms with E-state index in [1.54, 1.807) is 0 Å². The van der Waals surface area contributed by atoms with Crippen LogP contribution in [0.3, 0.4) is 0 Å². The molecule has 0 bridgehead atoms. The Labute approximate surface area is 116 Å². The highest BCUT2D eigenvalue weighted by Gasteiger charge is 2.38. The summed E-state index contributed by atoms with van der Waals surface area (Å²) < 4.78 is 27.2. The smallest absolute Gasteiger partial charge is 0.230 e. The van der Waals surface area contributed by atoms with Crippen LogP contribution in [0.15, 0.2) is 18.2 Å². The van der Waals surface area contributed by atoms with Crippen LogP contribution in [0, 0.1) is 23.5 Å².